The summed E-state index contributed by atoms with van der Waals surface area (Å²) in [4.78, 5) is 8.53. The molecule has 11 heavy (non-hydrogen) atoms. The van der Waals surface area contributed by atoms with E-state index in [-0.39, 0.29) is 0 Å². The van der Waals surface area contributed by atoms with E-state index in [1.165, 1.54) is 9.02 Å². The van der Waals surface area contributed by atoms with Gasteiger partial charge in [-0.15, -0.1) is 22.7 Å². The molecule has 0 saturated carbocycles. The molecule has 0 saturated heterocycles. The average molecular weight is 184 g/mol. The lowest BCUT2D eigenvalue weighted by molar-refractivity contribution is 0.855. The summed E-state index contributed by atoms with van der Waals surface area (Å²) in [5.41, 5.74) is 2.77. The van der Waals surface area contributed by atoms with Crippen molar-refractivity contribution in [3.05, 3.63) is 10.5 Å². The van der Waals surface area contributed by atoms with Gasteiger partial charge in [0.1, 0.15) is 4.01 Å². The average Bonchev–Trinajstić information content (AvgIpc) is 2.40. The second-order valence-electron chi connectivity index (χ2n) is 2.67. The van der Waals surface area contributed by atoms with E-state index < -0.39 is 0 Å². The third-order valence-corrected chi connectivity index (χ3v) is 3.71. The van der Waals surface area contributed by atoms with Crippen LogP contribution in [0.5, 0.6) is 0 Å². The number of hydrogen-bond acceptors (Lipinski definition) is 4. The molecule has 0 N–H and O–H groups in total. The predicted octanol–water partition coefficient (Wildman–Crippen LogP) is 2.88. The van der Waals surface area contributed by atoms with Crippen LogP contribution >= 0.6 is 22.7 Å². The van der Waals surface area contributed by atoms with E-state index in [0.29, 0.717) is 5.92 Å². The molecule has 0 aliphatic carbocycles. The van der Waals surface area contributed by atoms with E-state index >= 15 is 0 Å². The lowest BCUT2D eigenvalue weighted by Gasteiger charge is -1.94. The SMILES string of the molecule is CC(C)c1nc2ncsc2s1. The molecule has 0 aliphatic rings. The molecule has 0 radical (unpaired) electrons. The van der Waals surface area contributed by atoms with Gasteiger partial charge < -0.3 is 0 Å². The van der Waals surface area contributed by atoms with Crippen LogP contribution in [0, 0.1) is 0 Å². The smallest absolute Gasteiger partial charge is 0.181 e. The van der Waals surface area contributed by atoms with Crippen molar-refractivity contribution in [1.82, 2.24) is 9.97 Å². The standard InChI is InChI=1S/C7H8N2S2/c1-4(2)6-9-5-7(11-6)10-3-8-5/h3-4H,1-2H3. The fourth-order valence-electron chi connectivity index (χ4n) is 0.843. The molecule has 2 nitrogen and oxygen atoms in total. The Morgan fingerprint density at radius 1 is 1.45 bits per heavy atom. The van der Waals surface area contributed by atoms with Crippen LogP contribution in [0.2, 0.25) is 0 Å². The Balaban J connectivity index is 2.58. The van der Waals surface area contributed by atoms with E-state index in [1.807, 2.05) is 5.51 Å². The van der Waals surface area contributed by atoms with Crippen molar-refractivity contribution < 1.29 is 0 Å². The summed E-state index contributed by atoms with van der Waals surface area (Å²) in [5.74, 6) is 0.529. The van der Waals surface area contributed by atoms with Crippen LogP contribution in [0.4, 0.5) is 0 Å². The first-order valence-electron chi connectivity index (χ1n) is 3.47. The summed E-state index contributed by atoms with van der Waals surface area (Å²) < 4.78 is 1.24. The van der Waals surface area contributed by atoms with Crippen LogP contribution in [0.15, 0.2) is 5.51 Å². The van der Waals surface area contributed by atoms with Crippen LogP contribution in [0.1, 0.15) is 24.8 Å². The van der Waals surface area contributed by atoms with Crippen LogP contribution in [0.3, 0.4) is 0 Å². The zero-order valence-corrected chi connectivity index (χ0v) is 8.00. The second kappa shape index (κ2) is 2.53. The fourth-order valence-corrected chi connectivity index (χ4v) is 2.62. The minimum absolute atomic E-state index is 0.529. The van der Waals surface area contributed by atoms with Crippen molar-refractivity contribution in [3.8, 4) is 0 Å². The minimum atomic E-state index is 0.529. The van der Waals surface area contributed by atoms with E-state index in [1.54, 1.807) is 22.7 Å². The Bertz CT molecular complexity index is 333. The lowest BCUT2D eigenvalue weighted by Crippen LogP contribution is -1.83. The molecule has 0 aliphatic heterocycles. The number of aromatic nitrogens is 2. The van der Waals surface area contributed by atoms with Gasteiger partial charge in [0, 0.05) is 5.92 Å². The Kier molecular flexibility index (Phi) is 1.65. The normalized spacial score (nSPS) is 11.5. The number of fused-ring (bicyclic) bond motifs is 1. The van der Waals surface area contributed by atoms with Gasteiger partial charge in [0.25, 0.3) is 0 Å². The fraction of sp³-hybridized carbons (Fsp3) is 0.429. The van der Waals surface area contributed by atoms with E-state index in [4.69, 9.17) is 0 Å². The molecule has 4 heteroatoms. The van der Waals surface area contributed by atoms with Gasteiger partial charge in [0.15, 0.2) is 5.65 Å². The molecule has 0 amide bonds. The highest BCUT2D eigenvalue weighted by atomic mass is 32.2. The van der Waals surface area contributed by atoms with Gasteiger partial charge in [-0.2, -0.15) is 0 Å². The van der Waals surface area contributed by atoms with Gasteiger partial charge >= 0.3 is 0 Å². The second-order valence-corrected chi connectivity index (χ2v) is 4.81. The summed E-state index contributed by atoms with van der Waals surface area (Å²) >= 11 is 3.43. The number of hydrogen-bond donors (Lipinski definition) is 0. The van der Waals surface area contributed by atoms with Gasteiger partial charge in [-0.05, 0) is 0 Å². The van der Waals surface area contributed by atoms with Gasteiger partial charge in [0.05, 0.1) is 10.5 Å². The Morgan fingerprint density at radius 2 is 2.27 bits per heavy atom. The molecule has 2 heterocycles. The molecule has 0 bridgehead atoms. The van der Waals surface area contributed by atoms with E-state index in [2.05, 4.69) is 23.8 Å². The molecular formula is C7H8N2S2. The molecule has 2 aromatic heterocycles. The largest absolute Gasteiger partial charge is 0.224 e. The summed E-state index contributed by atoms with van der Waals surface area (Å²) in [5, 5.41) is 1.19. The van der Waals surface area contributed by atoms with Crippen molar-refractivity contribution in [1.29, 1.82) is 0 Å². The molecule has 58 valence electrons. The monoisotopic (exact) mass is 184 g/mol. The van der Waals surface area contributed by atoms with Crippen molar-refractivity contribution >= 4 is 32.3 Å². The quantitative estimate of drug-likeness (QED) is 0.681. The zero-order valence-electron chi connectivity index (χ0n) is 6.37. The van der Waals surface area contributed by atoms with Crippen molar-refractivity contribution in [3.63, 3.8) is 0 Å². The Morgan fingerprint density at radius 3 is 2.91 bits per heavy atom. The third-order valence-electron chi connectivity index (χ3n) is 1.42. The maximum Gasteiger partial charge on any atom is 0.181 e. The third kappa shape index (κ3) is 1.16. The summed E-state index contributed by atoms with van der Waals surface area (Å²) in [6.45, 7) is 4.31. The minimum Gasteiger partial charge on any atom is -0.224 e. The molecule has 2 aromatic rings. The predicted molar refractivity (Wildman–Crippen MR) is 49.4 cm³/mol. The maximum atomic E-state index is 4.39. The number of thiazole rings is 2. The molecule has 0 fully saturated rings. The highest BCUT2D eigenvalue weighted by Gasteiger charge is 2.08. The first-order valence-corrected chi connectivity index (χ1v) is 5.17. The molecule has 0 aromatic carbocycles. The first-order chi connectivity index (χ1) is 5.27. The maximum absolute atomic E-state index is 4.39. The topological polar surface area (TPSA) is 25.8 Å². The van der Waals surface area contributed by atoms with Gasteiger partial charge in [-0.25, -0.2) is 9.97 Å². The van der Waals surface area contributed by atoms with E-state index in [0.717, 1.165) is 5.65 Å². The highest BCUT2D eigenvalue weighted by molar-refractivity contribution is 7.37. The van der Waals surface area contributed by atoms with Crippen LogP contribution in [0.25, 0.3) is 9.66 Å². The van der Waals surface area contributed by atoms with Gasteiger partial charge in [-0.1, -0.05) is 13.8 Å². The van der Waals surface area contributed by atoms with Crippen molar-refractivity contribution in [2.45, 2.75) is 19.8 Å². The van der Waals surface area contributed by atoms with Gasteiger partial charge in [0.2, 0.25) is 0 Å². The van der Waals surface area contributed by atoms with Crippen molar-refractivity contribution in [2.75, 3.05) is 0 Å². The zero-order chi connectivity index (χ0) is 7.84. The van der Waals surface area contributed by atoms with E-state index in [9.17, 15) is 0 Å². The first kappa shape index (κ1) is 7.18. The molecule has 2 rings (SSSR count). The Labute approximate surface area is 72.9 Å². The number of nitrogens with zero attached hydrogens (tertiary/aromatic N) is 2. The van der Waals surface area contributed by atoms with Crippen LogP contribution in [-0.2, 0) is 0 Å². The molecule has 0 atom stereocenters. The van der Waals surface area contributed by atoms with Gasteiger partial charge in [-0.3, -0.25) is 0 Å². The van der Waals surface area contributed by atoms with Crippen LogP contribution in [-0.4, -0.2) is 9.97 Å². The van der Waals surface area contributed by atoms with Crippen molar-refractivity contribution in [2.24, 2.45) is 0 Å². The lowest BCUT2D eigenvalue weighted by atomic mass is 10.2. The Hall–Kier alpha value is -0.480. The summed E-state index contributed by atoms with van der Waals surface area (Å²) in [6, 6.07) is 0. The summed E-state index contributed by atoms with van der Waals surface area (Å²) in [7, 11) is 0. The number of rotatable bonds is 1. The molecule has 0 spiro atoms. The molecule has 0 unspecified atom stereocenters. The molecular weight excluding hydrogens is 176 g/mol. The highest BCUT2D eigenvalue weighted by Crippen LogP contribution is 2.28. The van der Waals surface area contributed by atoms with Crippen LogP contribution < -0.4 is 0 Å². The summed E-state index contributed by atoms with van der Waals surface area (Å²) in [6.07, 6.45) is 0.